The normalized spacial score (nSPS) is 18.7. The Hall–Kier alpha value is -1.80. The molecule has 0 amide bonds. The number of rotatable bonds is 3. The molecule has 0 saturated carbocycles. The van der Waals surface area contributed by atoms with Gasteiger partial charge < -0.3 is 4.52 Å². The van der Waals surface area contributed by atoms with Gasteiger partial charge in [0.05, 0.1) is 4.90 Å². The highest BCUT2D eigenvalue weighted by atomic mass is 32.2. The molecule has 8 heteroatoms. The maximum atomic E-state index is 13.5. The first-order chi connectivity index (χ1) is 11.2. The van der Waals surface area contributed by atoms with Crippen LogP contribution >= 0.6 is 0 Å². The van der Waals surface area contributed by atoms with Gasteiger partial charge in [-0.05, 0) is 37.5 Å². The fraction of sp³-hybridized carbons (Fsp3) is 0.500. The van der Waals surface area contributed by atoms with E-state index in [9.17, 15) is 12.8 Å². The molecular formula is C16H20FN3O3S. The lowest BCUT2D eigenvalue weighted by Gasteiger charge is -2.36. The molecule has 0 spiro atoms. The van der Waals surface area contributed by atoms with Crippen molar-refractivity contribution in [2.75, 3.05) is 13.1 Å². The number of benzene rings is 1. The predicted molar refractivity (Wildman–Crippen MR) is 85.5 cm³/mol. The number of piperidine rings is 1. The molecule has 0 aliphatic carbocycles. The highest BCUT2D eigenvalue weighted by Gasteiger charge is 2.39. The van der Waals surface area contributed by atoms with Gasteiger partial charge in [0.2, 0.25) is 15.9 Å². The minimum atomic E-state index is -3.71. The van der Waals surface area contributed by atoms with Crippen molar-refractivity contribution >= 4 is 10.0 Å². The molecule has 0 unspecified atom stereocenters. The summed E-state index contributed by atoms with van der Waals surface area (Å²) in [5, 5.41) is 3.98. The summed E-state index contributed by atoms with van der Waals surface area (Å²) in [6.45, 7) is 6.08. The lowest BCUT2D eigenvalue weighted by Crippen LogP contribution is -2.44. The monoisotopic (exact) mass is 353 g/mol. The highest BCUT2D eigenvalue weighted by Crippen LogP contribution is 2.35. The summed E-state index contributed by atoms with van der Waals surface area (Å²) in [6, 6.07) is 3.83. The van der Waals surface area contributed by atoms with Gasteiger partial charge in [0.1, 0.15) is 5.82 Å². The molecule has 2 aromatic rings. The van der Waals surface area contributed by atoms with Crippen LogP contribution in [0.15, 0.2) is 27.6 Å². The van der Waals surface area contributed by atoms with Crippen molar-refractivity contribution in [1.29, 1.82) is 0 Å². The molecule has 1 fully saturated rings. The molecule has 1 aliphatic rings. The smallest absolute Gasteiger partial charge is 0.243 e. The molecule has 2 heterocycles. The Morgan fingerprint density at radius 2 is 1.92 bits per heavy atom. The van der Waals surface area contributed by atoms with Crippen LogP contribution in [0.25, 0.3) is 0 Å². The van der Waals surface area contributed by atoms with Crippen molar-refractivity contribution < 1.29 is 17.3 Å². The topological polar surface area (TPSA) is 76.3 Å². The second kappa shape index (κ2) is 5.93. The summed E-state index contributed by atoms with van der Waals surface area (Å²) >= 11 is 0. The van der Waals surface area contributed by atoms with E-state index in [1.807, 2.05) is 6.92 Å². The Bertz CT molecular complexity index is 855. The third-order valence-corrected chi connectivity index (χ3v) is 6.70. The molecule has 1 aliphatic heterocycles. The van der Waals surface area contributed by atoms with E-state index in [1.54, 1.807) is 13.8 Å². The number of nitrogens with zero attached hydrogens (tertiary/aromatic N) is 3. The van der Waals surface area contributed by atoms with Crippen LogP contribution in [0.4, 0.5) is 4.39 Å². The second-order valence-corrected chi connectivity index (χ2v) is 8.42. The molecule has 0 atom stereocenters. The van der Waals surface area contributed by atoms with Crippen LogP contribution in [-0.2, 0) is 15.4 Å². The van der Waals surface area contributed by atoms with Gasteiger partial charge in [0.25, 0.3) is 0 Å². The van der Waals surface area contributed by atoms with Crippen LogP contribution in [-0.4, -0.2) is 36.0 Å². The molecule has 0 N–H and O–H groups in total. The van der Waals surface area contributed by atoms with E-state index in [4.69, 9.17) is 4.52 Å². The molecule has 1 saturated heterocycles. The van der Waals surface area contributed by atoms with Gasteiger partial charge >= 0.3 is 0 Å². The zero-order valence-electron chi connectivity index (χ0n) is 13.9. The van der Waals surface area contributed by atoms with Crippen molar-refractivity contribution in [3.8, 4) is 0 Å². The van der Waals surface area contributed by atoms with Gasteiger partial charge in [0, 0.05) is 25.4 Å². The first-order valence-electron chi connectivity index (χ1n) is 7.79. The maximum absolute atomic E-state index is 13.5. The molecule has 3 rings (SSSR count). The Labute approximate surface area is 140 Å². The Kier molecular flexibility index (Phi) is 4.21. The number of hydrogen-bond acceptors (Lipinski definition) is 5. The molecular weight excluding hydrogens is 333 g/mol. The first-order valence-corrected chi connectivity index (χ1v) is 9.23. The fourth-order valence-corrected chi connectivity index (χ4v) is 4.66. The second-order valence-electron chi connectivity index (χ2n) is 6.51. The van der Waals surface area contributed by atoms with Crippen molar-refractivity contribution in [2.45, 2.75) is 43.9 Å². The Balaban J connectivity index is 1.82. The highest BCUT2D eigenvalue weighted by molar-refractivity contribution is 7.89. The zero-order chi connectivity index (χ0) is 17.5. The summed E-state index contributed by atoms with van der Waals surface area (Å²) in [5.41, 5.74) is 0.222. The number of aryl methyl sites for hydroxylation is 2. The van der Waals surface area contributed by atoms with Crippen LogP contribution in [0.5, 0.6) is 0 Å². The van der Waals surface area contributed by atoms with Gasteiger partial charge in [-0.3, -0.25) is 0 Å². The molecule has 1 aromatic heterocycles. The number of halogens is 1. The van der Waals surface area contributed by atoms with E-state index in [2.05, 4.69) is 10.1 Å². The summed E-state index contributed by atoms with van der Waals surface area (Å²) in [4.78, 5) is 4.31. The van der Waals surface area contributed by atoms with E-state index in [0.29, 0.717) is 43.2 Å². The molecule has 6 nitrogen and oxygen atoms in total. The standard InChI is InChI=1S/C16H20FN3O3S/c1-11-4-5-13(17)10-14(11)24(21,22)20-8-6-16(3,7-9-20)15-18-12(2)23-19-15/h4-5,10H,6-9H2,1-3H3. The molecule has 0 radical (unpaired) electrons. The van der Waals surface area contributed by atoms with Crippen LogP contribution in [0, 0.1) is 19.7 Å². The third-order valence-electron chi connectivity index (χ3n) is 4.66. The quantitative estimate of drug-likeness (QED) is 0.848. The average molecular weight is 353 g/mol. The average Bonchev–Trinajstić information content (AvgIpc) is 2.97. The predicted octanol–water partition coefficient (Wildman–Crippen LogP) is 2.57. The number of hydrogen-bond donors (Lipinski definition) is 0. The van der Waals surface area contributed by atoms with Gasteiger partial charge in [-0.2, -0.15) is 9.29 Å². The van der Waals surface area contributed by atoms with Crippen molar-refractivity contribution in [3.63, 3.8) is 0 Å². The van der Waals surface area contributed by atoms with Crippen LogP contribution in [0.1, 0.15) is 37.0 Å². The lowest BCUT2D eigenvalue weighted by molar-refractivity contribution is 0.233. The van der Waals surface area contributed by atoms with Crippen LogP contribution in [0.3, 0.4) is 0 Å². The van der Waals surface area contributed by atoms with Gasteiger partial charge in [-0.15, -0.1) is 0 Å². The van der Waals surface area contributed by atoms with E-state index in [1.165, 1.54) is 16.4 Å². The first kappa shape index (κ1) is 17.0. The van der Waals surface area contributed by atoms with Gasteiger partial charge in [-0.25, -0.2) is 12.8 Å². The van der Waals surface area contributed by atoms with E-state index in [-0.39, 0.29) is 10.3 Å². The van der Waals surface area contributed by atoms with Crippen molar-refractivity contribution in [3.05, 3.63) is 41.3 Å². The zero-order valence-corrected chi connectivity index (χ0v) is 14.7. The number of aromatic nitrogens is 2. The van der Waals surface area contributed by atoms with Crippen LogP contribution < -0.4 is 0 Å². The molecule has 1 aromatic carbocycles. The van der Waals surface area contributed by atoms with E-state index < -0.39 is 15.8 Å². The van der Waals surface area contributed by atoms with E-state index >= 15 is 0 Å². The third kappa shape index (κ3) is 2.95. The fourth-order valence-electron chi connectivity index (χ4n) is 2.98. The Morgan fingerprint density at radius 3 is 2.50 bits per heavy atom. The van der Waals surface area contributed by atoms with Crippen molar-refractivity contribution in [1.82, 2.24) is 14.4 Å². The Morgan fingerprint density at radius 1 is 1.25 bits per heavy atom. The summed E-state index contributed by atoms with van der Waals surface area (Å²) < 4.78 is 45.6. The van der Waals surface area contributed by atoms with E-state index in [0.717, 1.165) is 6.07 Å². The minimum absolute atomic E-state index is 0.0292. The van der Waals surface area contributed by atoms with Gasteiger partial charge in [0.15, 0.2) is 5.82 Å². The van der Waals surface area contributed by atoms with Gasteiger partial charge in [-0.1, -0.05) is 18.1 Å². The summed E-state index contributed by atoms with van der Waals surface area (Å²) in [5.74, 6) is 0.555. The SMILES string of the molecule is Cc1nc(C2(C)CCN(S(=O)(=O)c3cc(F)ccc3C)CC2)no1. The number of sulfonamides is 1. The van der Waals surface area contributed by atoms with Crippen LogP contribution in [0.2, 0.25) is 0 Å². The van der Waals surface area contributed by atoms with Crippen molar-refractivity contribution in [2.24, 2.45) is 0 Å². The maximum Gasteiger partial charge on any atom is 0.243 e. The minimum Gasteiger partial charge on any atom is -0.340 e. The molecule has 24 heavy (non-hydrogen) atoms. The lowest BCUT2D eigenvalue weighted by atomic mass is 9.80. The molecule has 130 valence electrons. The summed E-state index contributed by atoms with van der Waals surface area (Å²) in [6.07, 6.45) is 1.17. The summed E-state index contributed by atoms with van der Waals surface area (Å²) in [7, 11) is -3.71. The molecule has 0 bridgehead atoms. The largest absolute Gasteiger partial charge is 0.340 e.